The Morgan fingerprint density at radius 2 is 1.81 bits per heavy atom. The first-order chi connectivity index (χ1) is 10.1. The number of carbonyl (C=O) groups excluding carboxylic acids is 1. The highest BCUT2D eigenvalue weighted by atomic mass is 79.9. The molecule has 1 amide bonds. The normalized spacial score (nSPS) is 11.7. The molecule has 0 heterocycles. The summed E-state index contributed by atoms with van der Waals surface area (Å²) >= 11 is 3.36. The SMILES string of the molecule is C[C@@H](Oc1ccc(Br)cc1)C(=O)NCCc1ccccc1. The van der Waals surface area contributed by atoms with Gasteiger partial charge in [-0.3, -0.25) is 4.79 Å². The summed E-state index contributed by atoms with van der Waals surface area (Å²) in [6.45, 7) is 2.36. The fourth-order valence-electron chi connectivity index (χ4n) is 1.89. The summed E-state index contributed by atoms with van der Waals surface area (Å²) in [5.74, 6) is 0.581. The first-order valence-corrected chi connectivity index (χ1v) is 7.68. The van der Waals surface area contributed by atoms with Crippen molar-refractivity contribution in [2.75, 3.05) is 6.54 Å². The lowest BCUT2D eigenvalue weighted by Gasteiger charge is -2.14. The molecule has 0 aliphatic carbocycles. The summed E-state index contributed by atoms with van der Waals surface area (Å²) in [5.41, 5.74) is 1.21. The Morgan fingerprint density at radius 1 is 1.14 bits per heavy atom. The van der Waals surface area contributed by atoms with Crippen molar-refractivity contribution in [3.8, 4) is 5.75 Å². The molecule has 0 fully saturated rings. The Hall–Kier alpha value is -1.81. The standard InChI is InChI=1S/C17H18BrNO2/c1-13(21-16-9-7-15(18)8-10-16)17(20)19-12-11-14-5-3-2-4-6-14/h2-10,13H,11-12H2,1H3,(H,19,20)/t13-/m1/s1. The number of carbonyl (C=O) groups is 1. The Labute approximate surface area is 133 Å². The summed E-state index contributed by atoms with van der Waals surface area (Å²) in [7, 11) is 0. The van der Waals surface area contributed by atoms with Gasteiger partial charge in [-0.25, -0.2) is 0 Å². The fourth-order valence-corrected chi connectivity index (χ4v) is 2.15. The van der Waals surface area contributed by atoms with Crippen LogP contribution in [0.15, 0.2) is 59.1 Å². The molecule has 2 rings (SSSR count). The van der Waals surface area contributed by atoms with E-state index in [1.54, 1.807) is 6.92 Å². The molecule has 0 unspecified atom stereocenters. The van der Waals surface area contributed by atoms with Crippen molar-refractivity contribution in [1.82, 2.24) is 5.32 Å². The molecule has 0 aliphatic heterocycles. The molecule has 0 bridgehead atoms. The molecule has 21 heavy (non-hydrogen) atoms. The van der Waals surface area contributed by atoms with Gasteiger partial charge in [-0.05, 0) is 43.2 Å². The molecule has 0 saturated heterocycles. The molecule has 0 spiro atoms. The third kappa shape index (κ3) is 5.23. The van der Waals surface area contributed by atoms with E-state index in [9.17, 15) is 4.79 Å². The molecule has 3 nitrogen and oxygen atoms in total. The van der Waals surface area contributed by atoms with Crippen LogP contribution in [-0.4, -0.2) is 18.6 Å². The van der Waals surface area contributed by atoms with Gasteiger partial charge in [-0.15, -0.1) is 0 Å². The minimum absolute atomic E-state index is 0.103. The van der Waals surface area contributed by atoms with E-state index in [0.29, 0.717) is 12.3 Å². The van der Waals surface area contributed by atoms with E-state index >= 15 is 0 Å². The average Bonchev–Trinajstić information content (AvgIpc) is 2.50. The van der Waals surface area contributed by atoms with Crippen LogP contribution in [-0.2, 0) is 11.2 Å². The van der Waals surface area contributed by atoms with E-state index in [2.05, 4.69) is 21.2 Å². The number of nitrogens with one attached hydrogen (secondary N) is 1. The van der Waals surface area contributed by atoms with Crippen molar-refractivity contribution in [3.63, 3.8) is 0 Å². The molecule has 2 aromatic carbocycles. The van der Waals surface area contributed by atoms with Crippen LogP contribution in [0.4, 0.5) is 0 Å². The molecule has 1 atom stereocenters. The number of hydrogen-bond acceptors (Lipinski definition) is 2. The van der Waals surface area contributed by atoms with Gasteiger partial charge >= 0.3 is 0 Å². The van der Waals surface area contributed by atoms with E-state index in [0.717, 1.165) is 10.9 Å². The second-order valence-corrected chi connectivity index (χ2v) is 5.66. The van der Waals surface area contributed by atoms with Gasteiger partial charge in [-0.2, -0.15) is 0 Å². The lowest BCUT2D eigenvalue weighted by molar-refractivity contribution is -0.127. The quantitative estimate of drug-likeness (QED) is 0.867. The van der Waals surface area contributed by atoms with Crippen LogP contribution in [0, 0.1) is 0 Å². The highest BCUT2D eigenvalue weighted by molar-refractivity contribution is 9.10. The third-order valence-electron chi connectivity index (χ3n) is 3.05. The minimum Gasteiger partial charge on any atom is -0.481 e. The van der Waals surface area contributed by atoms with Crippen LogP contribution < -0.4 is 10.1 Å². The molecule has 4 heteroatoms. The van der Waals surface area contributed by atoms with Crippen molar-refractivity contribution >= 4 is 21.8 Å². The van der Waals surface area contributed by atoms with Gasteiger partial charge in [0, 0.05) is 11.0 Å². The van der Waals surface area contributed by atoms with Gasteiger partial charge in [0.2, 0.25) is 0 Å². The van der Waals surface area contributed by atoms with E-state index in [1.165, 1.54) is 5.56 Å². The van der Waals surface area contributed by atoms with E-state index in [4.69, 9.17) is 4.74 Å². The first kappa shape index (κ1) is 15.6. The van der Waals surface area contributed by atoms with Crippen molar-refractivity contribution in [1.29, 1.82) is 0 Å². The smallest absolute Gasteiger partial charge is 0.260 e. The maximum absolute atomic E-state index is 12.0. The molecule has 0 aliphatic rings. The van der Waals surface area contributed by atoms with Crippen molar-refractivity contribution in [2.45, 2.75) is 19.4 Å². The molecule has 1 N–H and O–H groups in total. The number of ether oxygens (including phenoxy) is 1. The Balaban J connectivity index is 1.76. The van der Waals surface area contributed by atoms with Gasteiger partial charge in [0.25, 0.3) is 5.91 Å². The van der Waals surface area contributed by atoms with Crippen LogP contribution in [0.5, 0.6) is 5.75 Å². The third-order valence-corrected chi connectivity index (χ3v) is 3.58. The van der Waals surface area contributed by atoms with Gasteiger partial charge in [-0.1, -0.05) is 46.3 Å². The lowest BCUT2D eigenvalue weighted by Crippen LogP contribution is -2.37. The van der Waals surface area contributed by atoms with E-state index < -0.39 is 6.10 Å². The van der Waals surface area contributed by atoms with Crippen molar-refractivity contribution in [2.24, 2.45) is 0 Å². The highest BCUT2D eigenvalue weighted by Crippen LogP contribution is 2.17. The summed E-state index contributed by atoms with van der Waals surface area (Å²) in [6.07, 6.45) is 0.305. The molecular weight excluding hydrogens is 330 g/mol. The predicted octanol–water partition coefficient (Wildman–Crippen LogP) is 3.58. The molecule has 0 radical (unpaired) electrons. The number of amides is 1. The van der Waals surface area contributed by atoms with Crippen LogP contribution in [0.3, 0.4) is 0 Å². The van der Waals surface area contributed by atoms with E-state index in [1.807, 2.05) is 54.6 Å². The maximum Gasteiger partial charge on any atom is 0.260 e. The summed E-state index contributed by atoms with van der Waals surface area (Å²) in [6, 6.07) is 17.5. The fraction of sp³-hybridized carbons (Fsp3) is 0.235. The number of benzene rings is 2. The number of rotatable bonds is 6. The second-order valence-electron chi connectivity index (χ2n) is 4.74. The number of halogens is 1. The Morgan fingerprint density at radius 3 is 2.48 bits per heavy atom. The molecule has 2 aromatic rings. The predicted molar refractivity (Wildman–Crippen MR) is 87.4 cm³/mol. The Kier molecular flexibility index (Phi) is 5.81. The number of hydrogen-bond donors (Lipinski definition) is 1. The second kappa shape index (κ2) is 7.84. The zero-order valence-electron chi connectivity index (χ0n) is 11.9. The Bertz CT molecular complexity index is 569. The summed E-state index contributed by atoms with van der Waals surface area (Å²) < 4.78 is 6.58. The van der Waals surface area contributed by atoms with Crippen LogP contribution in [0.2, 0.25) is 0 Å². The van der Waals surface area contributed by atoms with Gasteiger partial charge in [0.15, 0.2) is 6.10 Å². The van der Waals surface area contributed by atoms with Crippen LogP contribution in [0.1, 0.15) is 12.5 Å². The zero-order valence-corrected chi connectivity index (χ0v) is 13.5. The van der Waals surface area contributed by atoms with E-state index in [-0.39, 0.29) is 5.91 Å². The maximum atomic E-state index is 12.0. The van der Waals surface area contributed by atoms with Crippen LogP contribution >= 0.6 is 15.9 Å². The van der Waals surface area contributed by atoms with Crippen molar-refractivity contribution < 1.29 is 9.53 Å². The molecule has 0 aromatic heterocycles. The summed E-state index contributed by atoms with van der Waals surface area (Å²) in [4.78, 5) is 12.0. The largest absolute Gasteiger partial charge is 0.481 e. The summed E-state index contributed by atoms with van der Waals surface area (Å²) in [5, 5.41) is 2.89. The molecule has 110 valence electrons. The van der Waals surface area contributed by atoms with Gasteiger partial charge in [0.1, 0.15) is 5.75 Å². The van der Waals surface area contributed by atoms with Crippen molar-refractivity contribution in [3.05, 3.63) is 64.6 Å². The minimum atomic E-state index is -0.512. The first-order valence-electron chi connectivity index (χ1n) is 6.89. The van der Waals surface area contributed by atoms with Crippen LogP contribution in [0.25, 0.3) is 0 Å². The molecular formula is C17H18BrNO2. The lowest BCUT2D eigenvalue weighted by atomic mass is 10.1. The zero-order chi connectivity index (χ0) is 15.1. The average molecular weight is 348 g/mol. The topological polar surface area (TPSA) is 38.3 Å². The van der Waals surface area contributed by atoms with Gasteiger partial charge in [0.05, 0.1) is 0 Å². The molecule has 0 saturated carbocycles. The monoisotopic (exact) mass is 347 g/mol. The van der Waals surface area contributed by atoms with Gasteiger partial charge < -0.3 is 10.1 Å². The highest BCUT2D eigenvalue weighted by Gasteiger charge is 2.13.